The van der Waals surface area contributed by atoms with Gasteiger partial charge in [-0.15, -0.1) is 0 Å². The van der Waals surface area contributed by atoms with E-state index in [9.17, 15) is 9.59 Å². The number of hydrogen-bond donors (Lipinski definition) is 3. The maximum absolute atomic E-state index is 12.2. The van der Waals surface area contributed by atoms with Crippen molar-refractivity contribution in [3.8, 4) is 0 Å². The fraction of sp³-hybridized carbons (Fsp3) is 0.263. The van der Waals surface area contributed by atoms with Crippen LogP contribution in [0.1, 0.15) is 36.2 Å². The monoisotopic (exact) mass is 325 g/mol. The second-order valence-corrected chi connectivity index (χ2v) is 5.74. The Balaban J connectivity index is 1.92. The smallest absolute Gasteiger partial charge is 0.248 e. The van der Waals surface area contributed by atoms with Crippen molar-refractivity contribution in [1.29, 1.82) is 0 Å². The number of nitrogens with one attached hydrogen (secondary N) is 2. The number of benzene rings is 2. The lowest BCUT2D eigenvalue weighted by Gasteiger charge is -2.15. The van der Waals surface area contributed by atoms with Crippen molar-refractivity contribution in [2.45, 2.75) is 32.7 Å². The summed E-state index contributed by atoms with van der Waals surface area (Å²) in [6, 6.07) is 14.2. The molecule has 2 aromatic rings. The van der Waals surface area contributed by atoms with Gasteiger partial charge in [0.2, 0.25) is 11.8 Å². The molecule has 0 saturated carbocycles. The molecule has 5 heteroatoms. The van der Waals surface area contributed by atoms with Gasteiger partial charge in [0, 0.05) is 16.9 Å². The summed E-state index contributed by atoms with van der Waals surface area (Å²) in [5.74, 6) is -0.645. The number of primary amides is 1. The molecule has 5 nitrogen and oxygen atoms in total. The van der Waals surface area contributed by atoms with Crippen LogP contribution in [0, 0.1) is 0 Å². The first kappa shape index (κ1) is 17.5. The third-order valence-corrected chi connectivity index (χ3v) is 3.71. The van der Waals surface area contributed by atoms with Gasteiger partial charge in [-0.25, -0.2) is 0 Å². The van der Waals surface area contributed by atoms with E-state index in [0.29, 0.717) is 11.3 Å². The number of carbonyl (C=O) groups is 2. The first-order chi connectivity index (χ1) is 11.5. The Morgan fingerprint density at radius 1 is 1.00 bits per heavy atom. The predicted molar refractivity (Wildman–Crippen MR) is 97.1 cm³/mol. The molecule has 2 amide bonds. The Kier molecular flexibility index (Phi) is 5.95. The van der Waals surface area contributed by atoms with E-state index >= 15 is 0 Å². The zero-order valence-corrected chi connectivity index (χ0v) is 14.0. The maximum atomic E-state index is 12.2. The lowest BCUT2D eigenvalue weighted by molar-refractivity contribution is -0.116. The summed E-state index contributed by atoms with van der Waals surface area (Å²) in [5, 5.41) is 5.98. The van der Waals surface area contributed by atoms with E-state index in [0.717, 1.165) is 18.5 Å². The fourth-order valence-electron chi connectivity index (χ4n) is 2.34. The SMILES string of the molecule is CCCc1ccc(NC(C)C(=O)Nc2ccc(C(N)=O)cc2)cc1. The molecule has 0 fully saturated rings. The number of hydrogen-bond acceptors (Lipinski definition) is 3. The molecule has 4 N–H and O–H groups in total. The predicted octanol–water partition coefficient (Wildman–Crippen LogP) is 3.18. The minimum absolute atomic E-state index is 0.153. The highest BCUT2D eigenvalue weighted by Gasteiger charge is 2.13. The van der Waals surface area contributed by atoms with Crippen LogP contribution in [0.4, 0.5) is 11.4 Å². The molecule has 0 aromatic heterocycles. The van der Waals surface area contributed by atoms with Crippen molar-refractivity contribution in [3.63, 3.8) is 0 Å². The molecule has 0 saturated heterocycles. The van der Waals surface area contributed by atoms with E-state index in [2.05, 4.69) is 29.7 Å². The Morgan fingerprint density at radius 2 is 1.58 bits per heavy atom. The van der Waals surface area contributed by atoms with Gasteiger partial charge in [0.05, 0.1) is 0 Å². The van der Waals surface area contributed by atoms with E-state index < -0.39 is 11.9 Å². The Morgan fingerprint density at radius 3 is 2.12 bits per heavy atom. The molecule has 24 heavy (non-hydrogen) atoms. The van der Waals surface area contributed by atoms with Crippen molar-refractivity contribution in [3.05, 3.63) is 59.7 Å². The molecule has 0 radical (unpaired) electrons. The van der Waals surface area contributed by atoms with E-state index in [1.54, 1.807) is 31.2 Å². The van der Waals surface area contributed by atoms with Crippen molar-refractivity contribution in [1.82, 2.24) is 0 Å². The van der Waals surface area contributed by atoms with Crippen LogP contribution in [0.3, 0.4) is 0 Å². The summed E-state index contributed by atoms with van der Waals surface area (Å²) in [6.07, 6.45) is 2.16. The van der Waals surface area contributed by atoms with Crippen LogP contribution >= 0.6 is 0 Å². The average Bonchev–Trinajstić information content (AvgIpc) is 2.57. The van der Waals surface area contributed by atoms with Gasteiger partial charge in [0.1, 0.15) is 6.04 Å². The summed E-state index contributed by atoms with van der Waals surface area (Å²) >= 11 is 0. The Bertz CT molecular complexity index is 694. The molecule has 0 aliphatic heterocycles. The van der Waals surface area contributed by atoms with E-state index in [4.69, 9.17) is 5.73 Å². The average molecular weight is 325 g/mol. The first-order valence-electron chi connectivity index (χ1n) is 8.06. The normalized spacial score (nSPS) is 11.6. The Labute approximate surface area is 142 Å². The van der Waals surface area contributed by atoms with Gasteiger partial charge in [0.25, 0.3) is 0 Å². The van der Waals surface area contributed by atoms with Gasteiger partial charge in [-0.05, 0) is 55.3 Å². The number of anilines is 2. The lowest BCUT2D eigenvalue weighted by Crippen LogP contribution is -2.31. The van der Waals surface area contributed by atoms with Crippen LogP contribution in [-0.4, -0.2) is 17.9 Å². The molecule has 1 unspecified atom stereocenters. The van der Waals surface area contributed by atoms with Crippen LogP contribution in [0.5, 0.6) is 0 Å². The molecule has 0 aliphatic rings. The van der Waals surface area contributed by atoms with Crippen LogP contribution in [0.15, 0.2) is 48.5 Å². The van der Waals surface area contributed by atoms with Gasteiger partial charge < -0.3 is 16.4 Å². The largest absolute Gasteiger partial charge is 0.374 e. The number of nitrogens with two attached hydrogens (primary N) is 1. The lowest BCUT2D eigenvalue weighted by atomic mass is 10.1. The van der Waals surface area contributed by atoms with E-state index in [1.165, 1.54) is 5.56 Å². The van der Waals surface area contributed by atoms with Crippen LogP contribution in [0.25, 0.3) is 0 Å². The molecular formula is C19H23N3O2. The topological polar surface area (TPSA) is 84.2 Å². The molecular weight excluding hydrogens is 302 g/mol. The number of rotatable bonds is 7. The van der Waals surface area contributed by atoms with Crippen molar-refractivity contribution in [2.24, 2.45) is 5.73 Å². The molecule has 126 valence electrons. The fourth-order valence-corrected chi connectivity index (χ4v) is 2.34. The summed E-state index contributed by atoms with van der Waals surface area (Å²) in [7, 11) is 0. The van der Waals surface area contributed by atoms with E-state index in [-0.39, 0.29) is 5.91 Å². The highest BCUT2D eigenvalue weighted by molar-refractivity contribution is 5.97. The van der Waals surface area contributed by atoms with Crippen LogP contribution in [0.2, 0.25) is 0 Å². The van der Waals surface area contributed by atoms with Gasteiger partial charge in [-0.2, -0.15) is 0 Å². The van der Waals surface area contributed by atoms with Gasteiger partial charge in [-0.3, -0.25) is 9.59 Å². The van der Waals surface area contributed by atoms with E-state index in [1.807, 2.05) is 12.1 Å². The van der Waals surface area contributed by atoms with Crippen LogP contribution in [-0.2, 0) is 11.2 Å². The second kappa shape index (κ2) is 8.15. The van der Waals surface area contributed by atoms with Crippen molar-refractivity contribution >= 4 is 23.2 Å². The molecule has 2 aromatic carbocycles. The van der Waals surface area contributed by atoms with Crippen molar-refractivity contribution in [2.75, 3.05) is 10.6 Å². The van der Waals surface area contributed by atoms with Crippen molar-refractivity contribution < 1.29 is 9.59 Å². The van der Waals surface area contributed by atoms with Gasteiger partial charge in [-0.1, -0.05) is 25.5 Å². The third-order valence-electron chi connectivity index (χ3n) is 3.71. The zero-order valence-electron chi connectivity index (χ0n) is 14.0. The highest BCUT2D eigenvalue weighted by Crippen LogP contribution is 2.14. The highest BCUT2D eigenvalue weighted by atomic mass is 16.2. The van der Waals surface area contributed by atoms with Crippen LogP contribution < -0.4 is 16.4 Å². The second-order valence-electron chi connectivity index (χ2n) is 5.74. The minimum Gasteiger partial charge on any atom is -0.374 e. The molecule has 2 rings (SSSR count). The molecule has 0 spiro atoms. The maximum Gasteiger partial charge on any atom is 0.248 e. The summed E-state index contributed by atoms with van der Waals surface area (Å²) < 4.78 is 0. The first-order valence-corrected chi connectivity index (χ1v) is 8.06. The zero-order chi connectivity index (χ0) is 17.5. The number of amides is 2. The van der Waals surface area contributed by atoms with Gasteiger partial charge >= 0.3 is 0 Å². The minimum atomic E-state index is -0.491. The molecule has 0 bridgehead atoms. The Hall–Kier alpha value is -2.82. The standard InChI is InChI=1S/C19H23N3O2/c1-3-4-14-5-9-16(10-6-14)21-13(2)19(24)22-17-11-7-15(8-12-17)18(20)23/h5-13,21H,3-4H2,1-2H3,(H2,20,23)(H,22,24). The molecule has 1 atom stereocenters. The molecule has 0 heterocycles. The number of carbonyl (C=O) groups excluding carboxylic acids is 2. The summed E-state index contributed by atoms with van der Waals surface area (Å²) in [6.45, 7) is 3.95. The summed E-state index contributed by atoms with van der Waals surface area (Å²) in [4.78, 5) is 23.3. The quantitative estimate of drug-likeness (QED) is 0.731. The third kappa shape index (κ3) is 4.84. The molecule has 0 aliphatic carbocycles. The summed E-state index contributed by atoms with van der Waals surface area (Å²) in [5.41, 5.74) is 8.41. The van der Waals surface area contributed by atoms with Gasteiger partial charge in [0.15, 0.2) is 0 Å². The number of aryl methyl sites for hydroxylation is 1.